The molecule has 0 aliphatic carbocycles. The maximum absolute atomic E-state index is 11.8. The van der Waals surface area contributed by atoms with Crippen molar-refractivity contribution in [3.8, 4) is 22.8 Å². The van der Waals surface area contributed by atoms with Gasteiger partial charge in [0.05, 0.1) is 47.2 Å². The molecule has 0 aliphatic rings. The lowest BCUT2D eigenvalue weighted by atomic mass is 10.1. The molecule has 1 amide bonds. The molecule has 0 bridgehead atoms. The van der Waals surface area contributed by atoms with Gasteiger partial charge in [-0.2, -0.15) is 5.10 Å². The molecule has 0 saturated carbocycles. The van der Waals surface area contributed by atoms with E-state index in [4.69, 9.17) is 14.2 Å². The monoisotopic (exact) mass is 522 g/mol. The zero-order chi connectivity index (χ0) is 26.3. The molecule has 37 heavy (non-hydrogen) atoms. The summed E-state index contributed by atoms with van der Waals surface area (Å²) in [5.41, 5.74) is 1.84. The van der Waals surface area contributed by atoms with E-state index >= 15 is 0 Å². The van der Waals surface area contributed by atoms with E-state index in [0.717, 1.165) is 15.2 Å². The highest BCUT2D eigenvalue weighted by atomic mass is 32.1. The molecule has 4 rings (SSSR count). The standard InChI is InChI=1S/C26H30N6O4S/c1-26(2,3)31-25(33)36-15-13-27-24-30-18(16-28-32-24)23-19(34-4)9-7-10-20(23)35-14-12-22-29-17-8-5-6-11-21(17)37-22/h5-11,16H,12-15H2,1-4H3,(H,31,33)(H,27,30,32). The number of benzene rings is 2. The number of hydrogen-bond donors (Lipinski definition) is 2. The highest BCUT2D eigenvalue weighted by Crippen LogP contribution is 2.37. The number of rotatable bonds is 10. The molecule has 0 spiro atoms. The number of carbonyl (C=O) groups is 1. The number of nitrogens with zero attached hydrogens (tertiary/aromatic N) is 4. The van der Waals surface area contributed by atoms with Crippen LogP contribution in [0.1, 0.15) is 25.8 Å². The number of alkyl carbamates (subject to hydrolysis) is 1. The van der Waals surface area contributed by atoms with E-state index < -0.39 is 6.09 Å². The van der Waals surface area contributed by atoms with Crippen LogP contribution in [0.2, 0.25) is 0 Å². The van der Waals surface area contributed by atoms with Crippen LogP contribution in [-0.2, 0) is 11.2 Å². The average molecular weight is 523 g/mol. The fourth-order valence-corrected chi connectivity index (χ4v) is 4.42. The molecular weight excluding hydrogens is 492 g/mol. The van der Waals surface area contributed by atoms with Crippen LogP contribution in [0.3, 0.4) is 0 Å². The minimum atomic E-state index is -0.483. The summed E-state index contributed by atoms with van der Waals surface area (Å²) in [7, 11) is 1.59. The van der Waals surface area contributed by atoms with Crippen LogP contribution in [0.4, 0.5) is 10.7 Å². The third kappa shape index (κ3) is 7.26. The Balaban J connectivity index is 1.41. The van der Waals surface area contributed by atoms with Gasteiger partial charge < -0.3 is 24.8 Å². The van der Waals surface area contributed by atoms with Gasteiger partial charge in [0, 0.05) is 12.0 Å². The molecule has 11 heteroatoms. The summed E-state index contributed by atoms with van der Waals surface area (Å²) in [4.78, 5) is 21.0. The van der Waals surface area contributed by atoms with Crippen molar-refractivity contribution >= 4 is 33.6 Å². The first-order valence-corrected chi connectivity index (χ1v) is 12.7. The summed E-state index contributed by atoms with van der Waals surface area (Å²) in [6.45, 7) is 6.55. The summed E-state index contributed by atoms with van der Waals surface area (Å²) in [5.74, 6) is 1.52. The number of amides is 1. The van der Waals surface area contributed by atoms with Crippen LogP contribution in [0.15, 0.2) is 48.7 Å². The van der Waals surface area contributed by atoms with Crippen LogP contribution in [0.25, 0.3) is 21.5 Å². The van der Waals surface area contributed by atoms with E-state index in [1.807, 2.05) is 57.2 Å². The molecule has 0 atom stereocenters. The van der Waals surface area contributed by atoms with Gasteiger partial charge in [-0.3, -0.25) is 0 Å². The number of anilines is 1. The summed E-state index contributed by atoms with van der Waals surface area (Å²) in [5, 5.41) is 14.9. The van der Waals surface area contributed by atoms with E-state index in [0.29, 0.717) is 48.3 Å². The molecule has 0 saturated heterocycles. The number of para-hydroxylation sites is 1. The van der Waals surface area contributed by atoms with Crippen molar-refractivity contribution in [2.45, 2.75) is 32.7 Å². The number of ether oxygens (including phenoxy) is 3. The highest BCUT2D eigenvalue weighted by molar-refractivity contribution is 7.18. The minimum Gasteiger partial charge on any atom is -0.496 e. The maximum atomic E-state index is 11.8. The number of fused-ring (bicyclic) bond motifs is 1. The topological polar surface area (TPSA) is 120 Å². The van der Waals surface area contributed by atoms with Crippen LogP contribution < -0.4 is 20.1 Å². The van der Waals surface area contributed by atoms with Gasteiger partial charge in [0.1, 0.15) is 23.8 Å². The van der Waals surface area contributed by atoms with E-state index in [-0.39, 0.29) is 12.1 Å². The Morgan fingerprint density at radius 2 is 1.84 bits per heavy atom. The Bertz CT molecular complexity index is 1320. The molecule has 2 aromatic heterocycles. The molecule has 0 radical (unpaired) electrons. The Hall–Kier alpha value is -3.99. The van der Waals surface area contributed by atoms with Crippen LogP contribution in [0, 0.1) is 0 Å². The van der Waals surface area contributed by atoms with E-state index in [1.54, 1.807) is 24.6 Å². The molecule has 0 aliphatic heterocycles. The zero-order valence-corrected chi connectivity index (χ0v) is 22.1. The van der Waals surface area contributed by atoms with Gasteiger partial charge in [0.2, 0.25) is 5.95 Å². The number of aromatic nitrogens is 4. The van der Waals surface area contributed by atoms with Crippen LogP contribution in [0.5, 0.6) is 11.5 Å². The number of thiazole rings is 1. The Morgan fingerprint density at radius 1 is 1.03 bits per heavy atom. The molecular formula is C26H30N6O4S. The average Bonchev–Trinajstić information content (AvgIpc) is 3.28. The summed E-state index contributed by atoms with van der Waals surface area (Å²) in [6.07, 6.45) is 1.74. The van der Waals surface area contributed by atoms with Gasteiger partial charge in [0.25, 0.3) is 0 Å². The number of carbonyl (C=O) groups excluding carboxylic acids is 1. The Morgan fingerprint density at radius 3 is 2.62 bits per heavy atom. The van der Waals surface area contributed by atoms with Crippen molar-refractivity contribution in [2.75, 3.05) is 32.2 Å². The molecule has 194 valence electrons. The van der Waals surface area contributed by atoms with Crippen molar-refractivity contribution < 1.29 is 19.0 Å². The molecule has 0 unspecified atom stereocenters. The van der Waals surface area contributed by atoms with E-state index in [2.05, 4.69) is 36.9 Å². The molecule has 2 N–H and O–H groups in total. The molecule has 10 nitrogen and oxygen atoms in total. The normalized spacial score (nSPS) is 11.2. The summed E-state index contributed by atoms with van der Waals surface area (Å²) < 4.78 is 18.1. The third-order valence-electron chi connectivity index (χ3n) is 5.03. The van der Waals surface area contributed by atoms with E-state index in [1.165, 1.54) is 0 Å². The number of methoxy groups -OCH3 is 1. The largest absolute Gasteiger partial charge is 0.496 e. The predicted molar refractivity (Wildman–Crippen MR) is 143 cm³/mol. The fourth-order valence-electron chi connectivity index (χ4n) is 3.48. The van der Waals surface area contributed by atoms with Gasteiger partial charge in [-0.05, 0) is 45.0 Å². The number of hydrogen-bond acceptors (Lipinski definition) is 10. The van der Waals surface area contributed by atoms with Gasteiger partial charge in [0.15, 0.2) is 0 Å². The lowest BCUT2D eigenvalue weighted by Crippen LogP contribution is -2.41. The summed E-state index contributed by atoms with van der Waals surface area (Å²) in [6, 6.07) is 13.7. The lowest BCUT2D eigenvalue weighted by molar-refractivity contribution is 0.141. The van der Waals surface area contributed by atoms with Gasteiger partial charge in [-0.1, -0.05) is 18.2 Å². The van der Waals surface area contributed by atoms with Crippen molar-refractivity contribution in [1.29, 1.82) is 0 Å². The van der Waals surface area contributed by atoms with E-state index in [9.17, 15) is 4.79 Å². The summed E-state index contributed by atoms with van der Waals surface area (Å²) >= 11 is 1.67. The smallest absolute Gasteiger partial charge is 0.407 e. The van der Waals surface area contributed by atoms with Crippen LogP contribution >= 0.6 is 11.3 Å². The lowest BCUT2D eigenvalue weighted by Gasteiger charge is -2.19. The minimum absolute atomic E-state index is 0.143. The predicted octanol–water partition coefficient (Wildman–Crippen LogP) is 4.72. The first-order valence-electron chi connectivity index (χ1n) is 11.9. The molecule has 4 aromatic rings. The Labute approximate surface area is 219 Å². The number of nitrogens with one attached hydrogen (secondary N) is 2. The van der Waals surface area contributed by atoms with Gasteiger partial charge in [-0.25, -0.2) is 14.8 Å². The first kappa shape index (κ1) is 26.1. The molecule has 2 aromatic carbocycles. The third-order valence-corrected chi connectivity index (χ3v) is 6.13. The van der Waals surface area contributed by atoms with Crippen molar-refractivity contribution in [3.63, 3.8) is 0 Å². The zero-order valence-electron chi connectivity index (χ0n) is 21.3. The highest BCUT2D eigenvalue weighted by Gasteiger charge is 2.17. The van der Waals surface area contributed by atoms with Gasteiger partial charge in [-0.15, -0.1) is 16.4 Å². The van der Waals surface area contributed by atoms with Crippen molar-refractivity contribution in [2.24, 2.45) is 0 Å². The van der Waals surface area contributed by atoms with Crippen molar-refractivity contribution in [3.05, 3.63) is 53.7 Å². The molecule has 2 heterocycles. The van der Waals surface area contributed by atoms with Crippen molar-refractivity contribution in [1.82, 2.24) is 25.5 Å². The second-order valence-corrected chi connectivity index (χ2v) is 10.2. The van der Waals surface area contributed by atoms with Crippen LogP contribution in [-0.4, -0.2) is 58.7 Å². The first-order chi connectivity index (χ1) is 17.8. The second-order valence-electron chi connectivity index (χ2n) is 9.11. The second kappa shape index (κ2) is 11.8. The molecule has 0 fully saturated rings. The fraction of sp³-hybridized carbons (Fsp3) is 0.346. The maximum Gasteiger partial charge on any atom is 0.407 e. The quantitative estimate of drug-likeness (QED) is 0.285. The Kier molecular flexibility index (Phi) is 8.34. The van der Waals surface area contributed by atoms with Gasteiger partial charge >= 0.3 is 6.09 Å². The SMILES string of the molecule is COc1cccc(OCCc2nc3ccccc3s2)c1-c1cnnc(NCCOC(=O)NC(C)(C)C)n1.